The lowest BCUT2D eigenvalue weighted by atomic mass is 9.89. The van der Waals surface area contributed by atoms with E-state index >= 15 is 0 Å². The van der Waals surface area contributed by atoms with Gasteiger partial charge in [-0.1, -0.05) is 12.1 Å². The summed E-state index contributed by atoms with van der Waals surface area (Å²) in [5.74, 6) is 0.665. The lowest BCUT2D eigenvalue weighted by Gasteiger charge is -2.32. The van der Waals surface area contributed by atoms with E-state index in [0.29, 0.717) is 30.3 Å². The van der Waals surface area contributed by atoms with Gasteiger partial charge in [-0.3, -0.25) is 9.78 Å². The molecular formula is C24H30N2O4. The molecule has 0 radical (unpaired) electrons. The Bertz CT molecular complexity index is 872. The molecule has 0 saturated carbocycles. The summed E-state index contributed by atoms with van der Waals surface area (Å²) in [6.45, 7) is 8.49. The van der Waals surface area contributed by atoms with Gasteiger partial charge in [0.15, 0.2) is 5.60 Å². The van der Waals surface area contributed by atoms with Crippen molar-refractivity contribution in [3.8, 4) is 5.75 Å². The van der Waals surface area contributed by atoms with Crippen molar-refractivity contribution in [3.63, 3.8) is 0 Å². The lowest BCUT2D eigenvalue weighted by molar-refractivity contribution is -0.163. The number of piperidine rings is 1. The zero-order chi connectivity index (χ0) is 21.7. The number of carbonyl (C=O) groups is 2. The Labute approximate surface area is 178 Å². The smallest absolute Gasteiger partial charge is 0.350 e. The van der Waals surface area contributed by atoms with Crippen LogP contribution in [0.15, 0.2) is 48.8 Å². The number of rotatable bonds is 6. The van der Waals surface area contributed by atoms with E-state index in [4.69, 9.17) is 9.47 Å². The summed E-state index contributed by atoms with van der Waals surface area (Å²) in [4.78, 5) is 30.8. The standard InChI is InChI=1S/C24H30N2O4/c1-17(2)29-23(28)24(3,4)30-21-7-5-6-20(16-21)18-10-14-26(15-11-18)22(27)19-8-12-25-13-9-19/h5-9,12-13,16-18H,10-11,14-15H2,1-4H3. The maximum atomic E-state index is 12.6. The number of likely N-dealkylation sites (tertiary alicyclic amines) is 1. The molecule has 3 rings (SSSR count). The summed E-state index contributed by atoms with van der Waals surface area (Å²) >= 11 is 0. The van der Waals surface area contributed by atoms with Gasteiger partial charge in [-0.25, -0.2) is 4.79 Å². The van der Waals surface area contributed by atoms with Crippen molar-refractivity contribution in [1.82, 2.24) is 9.88 Å². The summed E-state index contributed by atoms with van der Waals surface area (Å²) in [5, 5.41) is 0. The van der Waals surface area contributed by atoms with Gasteiger partial charge < -0.3 is 14.4 Å². The van der Waals surface area contributed by atoms with Gasteiger partial charge in [0.25, 0.3) is 5.91 Å². The van der Waals surface area contributed by atoms with Crippen LogP contribution >= 0.6 is 0 Å². The molecule has 0 atom stereocenters. The quantitative estimate of drug-likeness (QED) is 0.667. The molecule has 6 nitrogen and oxygen atoms in total. The normalized spacial score (nSPS) is 15.2. The second-order valence-electron chi connectivity index (χ2n) is 8.44. The maximum absolute atomic E-state index is 12.6. The number of esters is 1. The van der Waals surface area contributed by atoms with Crippen LogP contribution in [-0.2, 0) is 9.53 Å². The van der Waals surface area contributed by atoms with Crippen LogP contribution in [0.2, 0.25) is 0 Å². The first kappa shape index (κ1) is 21.8. The minimum Gasteiger partial charge on any atom is -0.476 e. The summed E-state index contributed by atoms with van der Waals surface area (Å²) in [6, 6.07) is 11.4. The van der Waals surface area contributed by atoms with Crippen LogP contribution in [0, 0.1) is 0 Å². The van der Waals surface area contributed by atoms with Gasteiger partial charge in [-0.15, -0.1) is 0 Å². The molecule has 0 N–H and O–H groups in total. The number of carbonyl (C=O) groups excluding carboxylic acids is 2. The van der Waals surface area contributed by atoms with Crippen LogP contribution in [0.5, 0.6) is 5.75 Å². The monoisotopic (exact) mass is 410 g/mol. The first-order valence-electron chi connectivity index (χ1n) is 10.5. The predicted octanol–water partition coefficient (Wildman–Crippen LogP) is 4.21. The van der Waals surface area contributed by atoms with Crippen LogP contribution in [0.25, 0.3) is 0 Å². The highest BCUT2D eigenvalue weighted by Crippen LogP contribution is 2.31. The summed E-state index contributed by atoms with van der Waals surface area (Å²) in [7, 11) is 0. The highest BCUT2D eigenvalue weighted by atomic mass is 16.6. The largest absolute Gasteiger partial charge is 0.476 e. The van der Waals surface area contributed by atoms with E-state index in [9.17, 15) is 9.59 Å². The molecule has 30 heavy (non-hydrogen) atoms. The fourth-order valence-electron chi connectivity index (χ4n) is 3.62. The predicted molar refractivity (Wildman–Crippen MR) is 114 cm³/mol. The molecule has 6 heteroatoms. The number of aromatic nitrogens is 1. The molecular weight excluding hydrogens is 380 g/mol. The van der Waals surface area contributed by atoms with Crippen molar-refractivity contribution in [1.29, 1.82) is 0 Å². The zero-order valence-corrected chi connectivity index (χ0v) is 18.1. The first-order valence-corrected chi connectivity index (χ1v) is 10.5. The van der Waals surface area contributed by atoms with Crippen LogP contribution in [0.4, 0.5) is 0 Å². The molecule has 1 aromatic carbocycles. The molecule has 2 aromatic rings. The van der Waals surface area contributed by atoms with Crippen molar-refractivity contribution in [2.45, 2.75) is 58.2 Å². The van der Waals surface area contributed by atoms with Gasteiger partial charge in [0, 0.05) is 31.0 Å². The van der Waals surface area contributed by atoms with E-state index in [-0.39, 0.29) is 18.0 Å². The Kier molecular flexibility index (Phi) is 6.75. The van der Waals surface area contributed by atoms with E-state index in [2.05, 4.69) is 11.1 Å². The van der Waals surface area contributed by atoms with Crippen molar-refractivity contribution < 1.29 is 19.1 Å². The molecule has 2 heterocycles. The van der Waals surface area contributed by atoms with Gasteiger partial charge in [0.1, 0.15) is 5.75 Å². The van der Waals surface area contributed by atoms with Gasteiger partial charge in [-0.2, -0.15) is 0 Å². The molecule has 1 aliphatic heterocycles. The van der Waals surface area contributed by atoms with Crippen molar-refractivity contribution in [2.75, 3.05) is 13.1 Å². The van der Waals surface area contributed by atoms with Gasteiger partial charge >= 0.3 is 5.97 Å². The fraction of sp³-hybridized carbons (Fsp3) is 0.458. The van der Waals surface area contributed by atoms with Crippen molar-refractivity contribution in [2.24, 2.45) is 0 Å². The number of hydrogen-bond donors (Lipinski definition) is 0. The van der Waals surface area contributed by atoms with Gasteiger partial charge in [-0.05, 0) is 76.3 Å². The van der Waals surface area contributed by atoms with E-state index in [0.717, 1.165) is 18.4 Å². The Morgan fingerprint density at radius 2 is 1.77 bits per heavy atom. The van der Waals surface area contributed by atoms with Gasteiger partial charge in [0.05, 0.1) is 6.10 Å². The van der Waals surface area contributed by atoms with Crippen LogP contribution in [0.3, 0.4) is 0 Å². The van der Waals surface area contributed by atoms with Crippen molar-refractivity contribution >= 4 is 11.9 Å². The Hall–Kier alpha value is -2.89. The molecule has 0 unspecified atom stereocenters. The Morgan fingerprint density at radius 1 is 1.10 bits per heavy atom. The van der Waals surface area contributed by atoms with Crippen molar-refractivity contribution in [3.05, 3.63) is 59.9 Å². The summed E-state index contributed by atoms with van der Waals surface area (Å²) in [6.07, 6.45) is 4.87. The van der Waals surface area contributed by atoms with E-state index < -0.39 is 5.60 Å². The third-order valence-corrected chi connectivity index (χ3v) is 5.25. The van der Waals surface area contributed by atoms with E-state index in [1.165, 1.54) is 0 Å². The third-order valence-electron chi connectivity index (χ3n) is 5.25. The number of pyridine rings is 1. The molecule has 1 aromatic heterocycles. The van der Waals surface area contributed by atoms with Crippen LogP contribution in [-0.4, -0.2) is 46.6 Å². The third kappa shape index (κ3) is 5.38. The fourth-order valence-corrected chi connectivity index (χ4v) is 3.62. The number of hydrogen-bond acceptors (Lipinski definition) is 5. The summed E-state index contributed by atoms with van der Waals surface area (Å²) in [5.41, 5.74) is 0.773. The first-order chi connectivity index (χ1) is 14.3. The molecule has 1 saturated heterocycles. The Morgan fingerprint density at radius 3 is 2.40 bits per heavy atom. The molecule has 1 amide bonds. The number of nitrogens with zero attached hydrogens (tertiary/aromatic N) is 2. The Balaban J connectivity index is 1.62. The molecule has 0 aliphatic carbocycles. The molecule has 1 fully saturated rings. The SMILES string of the molecule is CC(C)OC(=O)C(C)(C)Oc1cccc(C2CCN(C(=O)c3ccncc3)CC2)c1. The second kappa shape index (κ2) is 9.28. The second-order valence-corrected chi connectivity index (χ2v) is 8.44. The van der Waals surface area contributed by atoms with Crippen LogP contribution in [0.1, 0.15) is 62.4 Å². The van der Waals surface area contributed by atoms with Gasteiger partial charge in [0.2, 0.25) is 0 Å². The topological polar surface area (TPSA) is 68.7 Å². The lowest BCUT2D eigenvalue weighted by Crippen LogP contribution is -2.41. The average Bonchev–Trinajstić information content (AvgIpc) is 2.73. The molecule has 0 bridgehead atoms. The number of ether oxygens (including phenoxy) is 2. The average molecular weight is 411 g/mol. The minimum atomic E-state index is -1.07. The molecule has 1 aliphatic rings. The van der Waals surface area contributed by atoms with E-state index in [1.54, 1.807) is 38.4 Å². The minimum absolute atomic E-state index is 0.0540. The zero-order valence-electron chi connectivity index (χ0n) is 18.1. The van der Waals surface area contributed by atoms with E-state index in [1.807, 2.05) is 36.9 Å². The number of benzene rings is 1. The maximum Gasteiger partial charge on any atom is 0.350 e. The van der Waals surface area contributed by atoms with Crippen LogP contribution < -0.4 is 4.74 Å². The highest BCUT2D eigenvalue weighted by molar-refractivity contribution is 5.94. The molecule has 0 spiro atoms. The number of amides is 1. The highest BCUT2D eigenvalue weighted by Gasteiger charge is 2.33. The molecule has 160 valence electrons. The summed E-state index contributed by atoms with van der Waals surface area (Å²) < 4.78 is 11.3.